The second-order valence-corrected chi connectivity index (χ2v) is 6.27. The maximum Gasteiger partial charge on any atom is 0.257 e. The first-order valence-corrected chi connectivity index (χ1v) is 9.46. The van der Waals surface area contributed by atoms with Crippen molar-refractivity contribution in [3.63, 3.8) is 0 Å². The zero-order valence-electron chi connectivity index (χ0n) is 16.2. The van der Waals surface area contributed by atoms with Gasteiger partial charge in [0.15, 0.2) is 6.61 Å². The molecule has 2 aromatic carbocycles. The minimum atomic E-state index is -0.141. The molecule has 146 valence electrons. The SMILES string of the molecule is CCCCCOc1cccc(OCC(=O)NCCc2ccc(OC)cc2)c1. The molecule has 27 heavy (non-hydrogen) atoms. The van der Waals surface area contributed by atoms with Gasteiger partial charge in [-0.3, -0.25) is 4.79 Å². The van der Waals surface area contributed by atoms with Gasteiger partial charge in [0.2, 0.25) is 0 Å². The van der Waals surface area contributed by atoms with Crippen LogP contribution in [0.4, 0.5) is 0 Å². The summed E-state index contributed by atoms with van der Waals surface area (Å²) in [7, 11) is 1.64. The number of ether oxygens (including phenoxy) is 3. The number of hydrogen-bond donors (Lipinski definition) is 1. The highest BCUT2D eigenvalue weighted by atomic mass is 16.5. The summed E-state index contributed by atoms with van der Waals surface area (Å²) in [5.74, 6) is 2.09. The Labute approximate surface area is 161 Å². The summed E-state index contributed by atoms with van der Waals surface area (Å²) in [6, 6.07) is 15.2. The van der Waals surface area contributed by atoms with Crippen molar-refractivity contribution in [2.45, 2.75) is 32.6 Å². The standard InChI is InChI=1S/C22H29NO4/c1-3-4-5-15-26-20-7-6-8-21(16-20)27-17-22(24)23-14-13-18-9-11-19(25-2)12-10-18/h6-12,16H,3-5,13-15,17H2,1-2H3,(H,23,24). The first-order valence-electron chi connectivity index (χ1n) is 9.46. The fraction of sp³-hybridized carbons (Fsp3) is 0.409. The number of carbonyl (C=O) groups is 1. The van der Waals surface area contributed by atoms with Crippen LogP contribution in [0.15, 0.2) is 48.5 Å². The van der Waals surface area contributed by atoms with Gasteiger partial charge in [-0.1, -0.05) is 38.0 Å². The van der Waals surface area contributed by atoms with Gasteiger partial charge in [-0.25, -0.2) is 0 Å². The largest absolute Gasteiger partial charge is 0.497 e. The first-order chi connectivity index (χ1) is 13.2. The van der Waals surface area contributed by atoms with Crippen LogP contribution in [0.2, 0.25) is 0 Å². The monoisotopic (exact) mass is 371 g/mol. The second kappa shape index (κ2) is 11.8. The van der Waals surface area contributed by atoms with Gasteiger partial charge in [0.25, 0.3) is 5.91 Å². The highest BCUT2D eigenvalue weighted by Crippen LogP contribution is 2.19. The van der Waals surface area contributed by atoms with Crippen molar-refractivity contribution in [3.8, 4) is 17.2 Å². The molecular weight excluding hydrogens is 342 g/mol. The Morgan fingerprint density at radius 1 is 0.963 bits per heavy atom. The van der Waals surface area contributed by atoms with Crippen LogP contribution in [0.3, 0.4) is 0 Å². The van der Waals surface area contributed by atoms with E-state index in [9.17, 15) is 4.79 Å². The summed E-state index contributed by atoms with van der Waals surface area (Å²) in [6.45, 7) is 3.41. The molecular formula is C22H29NO4. The second-order valence-electron chi connectivity index (χ2n) is 6.27. The molecule has 5 heteroatoms. The van der Waals surface area contributed by atoms with Crippen LogP contribution in [0.25, 0.3) is 0 Å². The van der Waals surface area contributed by atoms with E-state index in [0.717, 1.165) is 36.3 Å². The molecule has 0 radical (unpaired) electrons. The van der Waals surface area contributed by atoms with Crippen molar-refractivity contribution in [1.82, 2.24) is 5.32 Å². The molecule has 5 nitrogen and oxygen atoms in total. The predicted molar refractivity (Wildman–Crippen MR) is 107 cm³/mol. The van der Waals surface area contributed by atoms with Crippen molar-refractivity contribution in [2.24, 2.45) is 0 Å². The van der Waals surface area contributed by atoms with E-state index in [4.69, 9.17) is 14.2 Å². The molecule has 0 aromatic heterocycles. The van der Waals surface area contributed by atoms with E-state index >= 15 is 0 Å². The van der Waals surface area contributed by atoms with Gasteiger partial charge in [0, 0.05) is 12.6 Å². The normalized spacial score (nSPS) is 10.3. The third-order valence-electron chi connectivity index (χ3n) is 4.09. The lowest BCUT2D eigenvalue weighted by molar-refractivity contribution is -0.123. The van der Waals surface area contributed by atoms with Crippen LogP contribution < -0.4 is 19.5 Å². The molecule has 0 aliphatic heterocycles. The minimum absolute atomic E-state index is 0.0120. The zero-order chi connectivity index (χ0) is 19.3. The Balaban J connectivity index is 1.67. The number of nitrogens with one attached hydrogen (secondary N) is 1. The van der Waals surface area contributed by atoms with Gasteiger partial charge in [-0.2, -0.15) is 0 Å². The Morgan fingerprint density at radius 2 is 1.70 bits per heavy atom. The van der Waals surface area contributed by atoms with Gasteiger partial charge >= 0.3 is 0 Å². The average molecular weight is 371 g/mol. The smallest absolute Gasteiger partial charge is 0.257 e. The number of rotatable bonds is 12. The summed E-state index contributed by atoms with van der Waals surface area (Å²) in [5, 5.41) is 2.87. The summed E-state index contributed by atoms with van der Waals surface area (Å²) in [5.41, 5.74) is 1.14. The molecule has 0 spiro atoms. The Morgan fingerprint density at radius 3 is 2.41 bits per heavy atom. The van der Waals surface area contributed by atoms with Crippen molar-refractivity contribution in [1.29, 1.82) is 0 Å². The predicted octanol–water partition coefficient (Wildman–Crippen LogP) is 4.00. The molecule has 0 aliphatic carbocycles. The molecule has 0 fully saturated rings. The summed E-state index contributed by atoms with van der Waals surface area (Å²) in [4.78, 5) is 11.9. The van der Waals surface area contributed by atoms with Crippen LogP contribution in [-0.2, 0) is 11.2 Å². The molecule has 1 N–H and O–H groups in total. The topological polar surface area (TPSA) is 56.8 Å². The van der Waals surface area contributed by atoms with E-state index in [1.54, 1.807) is 7.11 Å². The molecule has 0 bridgehead atoms. The first kappa shape index (κ1) is 20.6. The lowest BCUT2D eigenvalue weighted by Crippen LogP contribution is -2.30. The zero-order valence-corrected chi connectivity index (χ0v) is 16.2. The lowest BCUT2D eigenvalue weighted by Gasteiger charge is -2.10. The third-order valence-corrected chi connectivity index (χ3v) is 4.09. The van der Waals surface area contributed by atoms with Crippen LogP contribution >= 0.6 is 0 Å². The molecule has 0 saturated heterocycles. The van der Waals surface area contributed by atoms with Crippen molar-refractivity contribution in [3.05, 3.63) is 54.1 Å². The van der Waals surface area contributed by atoms with Crippen LogP contribution in [0.5, 0.6) is 17.2 Å². The maximum atomic E-state index is 11.9. The van der Waals surface area contributed by atoms with Crippen molar-refractivity contribution >= 4 is 5.91 Å². The average Bonchev–Trinajstić information content (AvgIpc) is 2.70. The number of hydrogen-bond acceptors (Lipinski definition) is 4. The molecule has 0 saturated carbocycles. The summed E-state index contributed by atoms with van der Waals surface area (Å²) < 4.78 is 16.4. The van der Waals surface area contributed by atoms with E-state index in [1.807, 2.05) is 48.5 Å². The molecule has 0 heterocycles. The van der Waals surface area contributed by atoms with Crippen LogP contribution in [0, 0.1) is 0 Å². The Hall–Kier alpha value is -2.69. The quantitative estimate of drug-likeness (QED) is 0.573. The van der Waals surface area contributed by atoms with E-state index < -0.39 is 0 Å². The van der Waals surface area contributed by atoms with Crippen molar-refractivity contribution in [2.75, 3.05) is 26.9 Å². The highest BCUT2D eigenvalue weighted by Gasteiger charge is 2.04. The van der Waals surface area contributed by atoms with Crippen molar-refractivity contribution < 1.29 is 19.0 Å². The maximum absolute atomic E-state index is 11.9. The fourth-order valence-corrected chi connectivity index (χ4v) is 2.53. The molecule has 0 atom stereocenters. The number of methoxy groups -OCH3 is 1. The highest BCUT2D eigenvalue weighted by molar-refractivity contribution is 5.77. The molecule has 1 amide bonds. The van der Waals surface area contributed by atoms with Gasteiger partial charge < -0.3 is 19.5 Å². The van der Waals surface area contributed by atoms with E-state index in [1.165, 1.54) is 6.42 Å². The number of unbranched alkanes of at least 4 members (excludes halogenated alkanes) is 2. The van der Waals surface area contributed by atoms with E-state index in [0.29, 0.717) is 18.9 Å². The Bertz CT molecular complexity index is 685. The van der Waals surface area contributed by atoms with Gasteiger partial charge in [-0.05, 0) is 42.7 Å². The minimum Gasteiger partial charge on any atom is -0.497 e. The van der Waals surface area contributed by atoms with Gasteiger partial charge in [0.05, 0.1) is 13.7 Å². The molecule has 0 aliphatic rings. The number of carbonyl (C=O) groups excluding carboxylic acids is 1. The fourth-order valence-electron chi connectivity index (χ4n) is 2.53. The summed E-state index contributed by atoms with van der Waals surface area (Å²) >= 11 is 0. The Kier molecular flexibility index (Phi) is 9.04. The molecule has 2 aromatic rings. The van der Waals surface area contributed by atoms with E-state index in [2.05, 4.69) is 12.2 Å². The van der Waals surface area contributed by atoms with E-state index in [-0.39, 0.29) is 12.5 Å². The lowest BCUT2D eigenvalue weighted by atomic mass is 10.1. The van der Waals surface area contributed by atoms with Crippen LogP contribution in [-0.4, -0.2) is 32.8 Å². The van der Waals surface area contributed by atoms with Crippen LogP contribution in [0.1, 0.15) is 31.7 Å². The number of benzene rings is 2. The van der Waals surface area contributed by atoms with Gasteiger partial charge in [-0.15, -0.1) is 0 Å². The van der Waals surface area contributed by atoms with Gasteiger partial charge in [0.1, 0.15) is 17.2 Å². The summed E-state index contributed by atoms with van der Waals surface area (Å²) in [6.07, 6.45) is 4.13. The number of amides is 1. The molecule has 0 unspecified atom stereocenters. The third kappa shape index (κ3) is 8.03. The molecule has 2 rings (SSSR count).